The van der Waals surface area contributed by atoms with Gasteiger partial charge in [0, 0.05) is 0 Å². The van der Waals surface area contributed by atoms with Gasteiger partial charge in [-0.25, -0.2) is 0 Å². The molecule has 2 atom stereocenters. The molecule has 0 saturated heterocycles. The van der Waals surface area contributed by atoms with Crippen LogP contribution in [0.15, 0.2) is 23.4 Å². The lowest BCUT2D eigenvalue weighted by molar-refractivity contribution is 0.287. The SMILES string of the molecule is C=C1CCC[C@H]2/C(=C/[Si](C)(C)C)CCC[C@@H]12. The Kier molecular flexibility index (Phi) is 3.44. The molecule has 16 heavy (non-hydrogen) atoms. The molecule has 2 saturated carbocycles. The Balaban J connectivity index is 2.21. The molecule has 0 amide bonds. The molecular weight excluding hydrogens is 208 g/mol. The largest absolute Gasteiger partial charge is 0.0996 e. The molecule has 0 unspecified atom stereocenters. The van der Waals surface area contributed by atoms with Crippen LogP contribution in [0.2, 0.25) is 19.6 Å². The van der Waals surface area contributed by atoms with E-state index in [0.717, 1.165) is 11.8 Å². The first kappa shape index (κ1) is 12.2. The Morgan fingerprint density at radius 1 is 1.06 bits per heavy atom. The van der Waals surface area contributed by atoms with E-state index in [0.29, 0.717) is 0 Å². The van der Waals surface area contributed by atoms with Crippen LogP contribution in [0.5, 0.6) is 0 Å². The van der Waals surface area contributed by atoms with Crippen molar-refractivity contribution in [1.29, 1.82) is 0 Å². The van der Waals surface area contributed by atoms with Gasteiger partial charge in [0.1, 0.15) is 0 Å². The summed E-state index contributed by atoms with van der Waals surface area (Å²) < 4.78 is 0. The number of hydrogen-bond acceptors (Lipinski definition) is 0. The van der Waals surface area contributed by atoms with Crippen molar-refractivity contribution in [2.45, 2.75) is 58.2 Å². The predicted molar refractivity (Wildman–Crippen MR) is 75.3 cm³/mol. The third-order valence-corrected chi connectivity index (χ3v) is 5.34. The highest BCUT2D eigenvalue weighted by Crippen LogP contribution is 2.45. The second-order valence-corrected chi connectivity index (χ2v) is 11.8. The van der Waals surface area contributed by atoms with E-state index in [4.69, 9.17) is 0 Å². The van der Waals surface area contributed by atoms with Gasteiger partial charge in [0.2, 0.25) is 0 Å². The normalized spacial score (nSPS) is 33.9. The highest BCUT2D eigenvalue weighted by Gasteiger charge is 2.33. The van der Waals surface area contributed by atoms with Crippen molar-refractivity contribution >= 4 is 8.07 Å². The first-order valence-electron chi connectivity index (χ1n) is 6.87. The van der Waals surface area contributed by atoms with Crippen LogP contribution >= 0.6 is 0 Å². The molecule has 0 aromatic carbocycles. The minimum Gasteiger partial charge on any atom is -0.0996 e. The lowest BCUT2D eigenvalue weighted by atomic mass is 9.67. The molecule has 1 heteroatoms. The van der Waals surface area contributed by atoms with Crippen molar-refractivity contribution in [2.24, 2.45) is 11.8 Å². The fourth-order valence-corrected chi connectivity index (χ4v) is 4.99. The Hall–Kier alpha value is -0.303. The molecule has 0 bridgehead atoms. The third kappa shape index (κ3) is 2.68. The molecule has 0 aromatic rings. The molecule has 2 fully saturated rings. The molecule has 0 N–H and O–H groups in total. The highest BCUT2D eigenvalue weighted by molar-refractivity contribution is 6.81. The number of hydrogen-bond donors (Lipinski definition) is 0. The van der Waals surface area contributed by atoms with Crippen molar-refractivity contribution in [1.82, 2.24) is 0 Å². The van der Waals surface area contributed by atoms with E-state index >= 15 is 0 Å². The van der Waals surface area contributed by atoms with E-state index in [1.54, 1.807) is 11.1 Å². The van der Waals surface area contributed by atoms with E-state index in [9.17, 15) is 0 Å². The van der Waals surface area contributed by atoms with E-state index in [1.807, 2.05) is 0 Å². The van der Waals surface area contributed by atoms with Crippen LogP contribution in [0.3, 0.4) is 0 Å². The standard InChI is InChI=1S/C15H26Si/c1-12-7-5-10-15-13(11-16(2,3)4)8-6-9-14(12)15/h11,14-15H,1,5-10H2,2-4H3/b13-11+/t14-,15-/m0/s1. The van der Waals surface area contributed by atoms with Crippen LogP contribution in [0.4, 0.5) is 0 Å². The molecule has 2 rings (SSSR count). The monoisotopic (exact) mass is 234 g/mol. The van der Waals surface area contributed by atoms with Crippen molar-refractivity contribution in [3.8, 4) is 0 Å². The first-order valence-corrected chi connectivity index (χ1v) is 10.4. The van der Waals surface area contributed by atoms with Gasteiger partial charge < -0.3 is 0 Å². The van der Waals surface area contributed by atoms with Crippen molar-refractivity contribution in [3.63, 3.8) is 0 Å². The summed E-state index contributed by atoms with van der Waals surface area (Å²) in [5, 5.41) is 0. The van der Waals surface area contributed by atoms with Gasteiger partial charge in [0.15, 0.2) is 0 Å². The topological polar surface area (TPSA) is 0 Å². The summed E-state index contributed by atoms with van der Waals surface area (Å²) in [5.74, 6) is 1.71. The predicted octanol–water partition coefficient (Wildman–Crippen LogP) is 4.95. The smallest absolute Gasteiger partial charge is 0.0686 e. The summed E-state index contributed by atoms with van der Waals surface area (Å²) in [4.78, 5) is 0. The molecule has 2 aliphatic rings. The molecule has 90 valence electrons. The van der Waals surface area contributed by atoms with E-state index in [-0.39, 0.29) is 0 Å². The molecule has 0 aromatic heterocycles. The van der Waals surface area contributed by atoms with Gasteiger partial charge in [-0.15, -0.1) is 0 Å². The quantitative estimate of drug-likeness (QED) is 0.445. The number of allylic oxidation sites excluding steroid dienone is 2. The maximum atomic E-state index is 4.31. The van der Waals surface area contributed by atoms with E-state index in [1.165, 1.54) is 38.5 Å². The van der Waals surface area contributed by atoms with Crippen molar-refractivity contribution < 1.29 is 0 Å². The second kappa shape index (κ2) is 4.52. The van der Waals surface area contributed by atoms with Gasteiger partial charge in [-0.2, -0.15) is 0 Å². The summed E-state index contributed by atoms with van der Waals surface area (Å²) in [5.41, 5.74) is 6.04. The zero-order chi connectivity index (χ0) is 11.8. The van der Waals surface area contributed by atoms with Crippen LogP contribution in [0, 0.1) is 11.8 Å². The Bertz CT molecular complexity index is 306. The van der Waals surface area contributed by atoms with Gasteiger partial charge in [0.05, 0.1) is 8.07 Å². The van der Waals surface area contributed by atoms with E-state index < -0.39 is 8.07 Å². The maximum Gasteiger partial charge on any atom is 0.0686 e. The van der Waals surface area contributed by atoms with Gasteiger partial charge in [-0.3, -0.25) is 0 Å². The summed E-state index contributed by atoms with van der Waals surface area (Å²) in [7, 11) is -1.03. The zero-order valence-electron chi connectivity index (χ0n) is 11.2. The third-order valence-electron chi connectivity index (χ3n) is 4.10. The van der Waals surface area contributed by atoms with E-state index in [2.05, 4.69) is 31.9 Å². The average molecular weight is 234 g/mol. The lowest BCUT2D eigenvalue weighted by Gasteiger charge is -2.40. The molecular formula is C15H26Si. The molecule has 0 spiro atoms. The lowest BCUT2D eigenvalue weighted by Crippen LogP contribution is -2.29. The summed E-state index contributed by atoms with van der Waals surface area (Å²) in [6.07, 6.45) is 8.28. The maximum absolute atomic E-state index is 4.31. The first-order chi connectivity index (χ1) is 7.47. The number of rotatable bonds is 1. The van der Waals surface area contributed by atoms with Crippen LogP contribution in [-0.2, 0) is 0 Å². The fourth-order valence-electron chi connectivity index (χ4n) is 3.52. The molecule has 0 radical (unpaired) electrons. The summed E-state index contributed by atoms with van der Waals surface area (Å²) >= 11 is 0. The van der Waals surface area contributed by atoms with Crippen LogP contribution in [-0.4, -0.2) is 8.07 Å². The molecule has 0 heterocycles. The minimum absolute atomic E-state index is 0.838. The number of fused-ring (bicyclic) bond motifs is 1. The summed E-state index contributed by atoms with van der Waals surface area (Å²) in [6.45, 7) is 11.7. The van der Waals surface area contributed by atoms with Gasteiger partial charge in [-0.05, 0) is 50.4 Å². The van der Waals surface area contributed by atoms with Crippen LogP contribution < -0.4 is 0 Å². The summed E-state index contributed by atoms with van der Waals surface area (Å²) in [6, 6.07) is 0. The van der Waals surface area contributed by atoms with Crippen LogP contribution in [0.25, 0.3) is 0 Å². The highest BCUT2D eigenvalue weighted by atomic mass is 28.3. The Morgan fingerprint density at radius 2 is 1.69 bits per heavy atom. The molecule has 2 aliphatic carbocycles. The minimum atomic E-state index is -1.03. The van der Waals surface area contributed by atoms with Crippen molar-refractivity contribution in [3.05, 3.63) is 23.4 Å². The molecule has 0 nitrogen and oxygen atoms in total. The Labute approximate surface area is 102 Å². The van der Waals surface area contributed by atoms with Gasteiger partial charge >= 0.3 is 0 Å². The van der Waals surface area contributed by atoms with Gasteiger partial charge in [-0.1, -0.05) is 43.1 Å². The van der Waals surface area contributed by atoms with Gasteiger partial charge in [0.25, 0.3) is 0 Å². The Morgan fingerprint density at radius 3 is 2.38 bits per heavy atom. The van der Waals surface area contributed by atoms with Crippen molar-refractivity contribution in [2.75, 3.05) is 0 Å². The average Bonchev–Trinajstić information content (AvgIpc) is 2.17. The fraction of sp³-hybridized carbons (Fsp3) is 0.733. The second-order valence-electron chi connectivity index (χ2n) is 6.74. The zero-order valence-corrected chi connectivity index (χ0v) is 12.2. The molecule has 0 aliphatic heterocycles. The van der Waals surface area contributed by atoms with Crippen LogP contribution in [0.1, 0.15) is 38.5 Å².